The molecule has 3 rings (SSSR count). The molecule has 27 heavy (non-hydrogen) atoms. The molecule has 0 aliphatic heterocycles. The maximum absolute atomic E-state index is 4.61. The number of rotatable bonds is 4. The van der Waals surface area contributed by atoms with Gasteiger partial charge in [0.05, 0.1) is 5.69 Å². The first-order chi connectivity index (χ1) is 12.9. The zero-order valence-electron chi connectivity index (χ0n) is 16.7. The first-order valence-corrected chi connectivity index (χ1v) is 9.39. The Kier molecular flexibility index (Phi) is 5.41. The number of pyridine rings is 1. The highest BCUT2D eigenvalue weighted by Gasteiger charge is 2.20. The van der Waals surface area contributed by atoms with Crippen LogP contribution in [0, 0.1) is 0 Å². The molecule has 3 aromatic rings. The molecule has 0 N–H and O–H groups in total. The van der Waals surface area contributed by atoms with Gasteiger partial charge in [0, 0.05) is 11.8 Å². The second kappa shape index (κ2) is 7.75. The molecule has 0 fully saturated rings. The Labute approximate surface area is 163 Å². The van der Waals surface area contributed by atoms with E-state index in [-0.39, 0.29) is 5.41 Å². The van der Waals surface area contributed by atoms with E-state index >= 15 is 0 Å². The Balaban J connectivity index is 2.16. The molecule has 0 saturated heterocycles. The van der Waals surface area contributed by atoms with Gasteiger partial charge < -0.3 is 0 Å². The second-order valence-electron chi connectivity index (χ2n) is 7.75. The van der Waals surface area contributed by atoms with Gasteiger partial charge in [-0.1, -0.05) is 75.9 Å². The van der Waals surface area contributed by atoms with Crippen molar-refractivity contribution in [3.8, 4) is 22.4 Å². The molecule has 136 valence electrons. The highest BCUT2D eigenvalue weighted by molar-refractivity contribution is 5.79. The quantitative estimate of drug-likeness (QED) is 0.448. The third-order valence-electron chi connectivity index (χ3n) is 4.83. The van der Waals surface area contributed by atoms with E-state index in [4.69, 9.17) is 0 Å². The number of hydrogen-bond donors (Lipinski definition) is 0. The van der Waals surface area contributed by atoms with Gasteiger partial charge in [-0.3, -0.25) is 4.98 Å². The van der Waals surface area contributed by atoms with Crippen LogP contribution >= 0.6 is 0 Å². The van der Waals surface area contributed by atoms with Crippen molar-refractivity contribution in [2.75, 3.05) is 0 Å². The van der Waals surface area contributed by atoms with Gasteiger partial charge in [0.15, 0.2) is 0 Å². The van der Waals surface area contributed by atoms with Crippen LogP contribution in [0.15, 0.2) is 85.6 Å². The summed E-state index contributed by atoms with van der Waals surface area (Å²) in [7, 11) is 0. The summed E-state index contributed by atoms with van der Waals surface area (Å²) in [6.45, 7) is 12.7. The predicted octanol–water partition coefficient (Wildman–Crippen LogP) is 7.30. The third kappa shape index (κ3) is 4.09. The Bertz CT molecular complexity index is 973. The molecule has 1 heterocycles. The van der Waals surface area contributed by atoms with Crippen molar-refractivity contribution in [2.24, 2.45) is 0 Å². The molecule has 0 aliphatic rings. The minimum atomic E-state index is 0.0498. The predicted molar refractivity (Wildman–Crippen MR) is 118 cm³/mol. The standard InChI is InChI=1S/C26H27N/c1-6-19(7-2)20-11-10-12-21(17-20)22-14-15-24(26(3,4)5)23(18-22)25-13-8-9-16-27-25/h6-18H,1H2,2-5H3/b19-7+. The summed E-state index contributed by atoms with van der Waals surface area (Å²) in [4.78, 5) is 4.61. The molecule has 0 spiro atoms. The van der Waals surface area contributed by atoms with Gasteiger partial charge in [-0.25, -0.2) is 0 Å². The minimum absolute atomic E-state index is 0.0498. The Hall–Kier alpha value is -2.93. The number of benzene rings is 2. The maximum Gasteiger partial charge on any atom is 0.0705 e. The fraction of sp³-hybridized carbons (Fsp3) is 0.192. The van der Waals surface area contributed by atoms with Gasteiger partial charge in [0.2, 0.25) is 0 Å². The zero-order valence-corrected chi connectivity index (χ0v) is 16.7. The molecule has 0 bridgehead atoms. The summed E-state index contributed by atoms with van der Waals surface area (Å²) in [6, 6.07) is 21.4. The molecule has 2 aromatic carbocycles. The van der Waals surface area contributed by atoms with Gasteiger partial charge in [0.25, 0.3) is 0 Å². The summed E-state index contributed by atoms with van der Waals surface area (Å²) >= 11 is 0. The molecule has 0 aliphatic carbocycles. The SMILES string of the molecule is C=C/C(=C\C)c1cccc(-c2ccc(C(C)(C)C)c(-c3ccccn3)c2)c1. The lowest BCUT2D eigenvalue weighted by atomic mass is 9.81. The van der Waals surface area contributed by atoms with Crippen molar-refractivity contribution >= 4 is 5.57 Å². The van der Waals surface area contributed by atoms with Gasteiger partial charge in [0.1, 0.15) is 0 Å². The highest BCUT2D eigenvalue weighted by Crippen LogP contribution is 2.35. The van der Waals surface area contributed by atoms with Crippen LogP contribution in [0.2, 0.25) is 0 Å². The van der Waals surface area contributed by atoms with E-state index in [2.05, 4.69) is 86.9 Å². The van der Waals surface area contributed by atoms with Crippen LogP contribution in [0.25, 0.3) is 28.0 Å². The number of allylic oxidation sites excluding steroid dienone is 3. The van der Waals surface area contributed by atoms with E-state index in [1.54, 1.807) is 0 Å². The summed E-state index contributed by atoms with van der Waals surface area (Å²) in [5.74, 6) is 0. The Morgan fingerprint density at radius 1 is 0.926 bits per heavy atom. The molecular formula is C26H27N. The lowest BCUT2D eigenvalue weighted by Crippen LogP contribution is -2.13. The molecule has 1 heteroatoms. The summed E-state index contributed by atoms with van der Waals surface area (Å²) in [6.07, 6.45) is 5.85. The third-order valence-corrected chi connectivity index (χ3v) is 4.83. The molecular weight excluding hydrogens is 326 g/mol. The zero-order chi connectivity index (χ0) is 19.4. The average Bonchev–Trinajstić information content (AvgIpc) is 2.69. The first-order valence-electron chi connectivity index (χ1n) is 9.39. The van der Waals surface area contributed by atoms with Crippen molar-refractivity contribution < 1.29 is 0 Å². The Morgan fingerprint density at radius 3 is 2.33 bits per heavy atom. The normalized spacial score (nSPS) is 12.1. The monoisotopic (exact) mass is 353 g/mol. The van der Waals surface area contributed by atoms with Crippen molar-refractivity contribution in [1.82, 2.24) is 4.98 Å². The number of aromatic nitrogens is 1. The summed E-state index contributed by atoms with van der Waals surface area (Å²) < 4.78 is 0. The van der Waals surface area contributed by atoms with E-state index in [1.807, 2.05) is 31.3 Å². The molecule has 0 saturated carbocycles. The largest absolute Gasteiger partial charge is 0.256 e. The number of nitrogens with zero attached hydrogens (tertiary/aromatic N) is 1. The van der Waals surface area contributed by atoms with Crippen molar-refractivity contribution in [3.63, 3.8) is 0 Å². The number of hydrogen-bond acceptors (Lipinski definition) is 1. The van der Waals surface area contributed by atoms with Gasteiger partial charge >= 0.3 is 0 Å². The average molecular weight is 354 g/mol. The molecule has 1 nitrogen and oxygen atoms in total. The van der Waals surface area contributed by atoms with Crippen molar-refractivity contribution in [3.05, 3.63) is 96.7 Å². The van der Waals surface area contributed by atoms with Crippen LogP contribution in [0.1, 0.15) is 38.8 Å². The van der Waals surface area contributed by atoms with Crippen LogP contribution in [-0.2, 0) is 5.41 Å². The van der Waals surface area contributed by atoms with E-state index in [0.717, 1.165) is 11.3 Å². The lowest BCUT2D eigenvalue weighted by molar-refractivity contribution is 0.592. The van der Waals surface area contributed by atoms with Crippen LogP contribution in [0.5, 0.6) is 0 Å². The molecule has 0 radical (unpaired) electrons. The van der Waals surface area contributed by atoms with Gasteiger partial charge in [-0.05, 0) is 64.4 Å². The van der Waals surface area contributed by atoms with Gasteiger partial charge in [-0.15, -0.1) is 0 Å². The highest BCUT2D eigenvalue weighted by atomic mass is 14.7. The first kappa shape index (κ1) is 18.8. The lowest BCUT2D eigenvalue weighted by Gasteiger charge is -2.23. The smallest absolute Gasteiger partial charge is 0.0705 e. The molecule has 0 atom stereocenters. The van der Waals surface area contributed by atoms with Crippen LogP contribution in [0.4, 0.5) is 0 Å². The fourth-order valence-electron chi connectivity index (χ4n) is 3.39. The second-order valence-corrected chi connectivity index (χ2v) is 7.75. The topological polar surface area (TPSA) is 12.9 Å². The van der Waals surface area contributed by atoms with E-state index in [1.165, 1.54) is 27.8 Å². The van der Waals surface area contributed by atoms with E-state index < -0.39 is 0 Å². The molecule has 1 aromatic heterocycles. The minimum Gasteiger partial charge on any atom is -0.256 e. The van der Waals surface area contributed by atoms with Crippen molar-refractivity contribution in [2.45, 2.75) is 33.1 Å². The van der Waals surface area contributed by atoms with Gasteiger partial charge in [-0.2, -0.15) is 0 Å². The van der Waals surface area contributed by atoms with Crippen molar-refractivity contribution in [1.29, 1.82) is 0 Å². The van der Waals surface area contributed by atoms with Crippen LogP contribution < -0.4 is 0 Å². The van der Waals surface area contributed by atoms with E-state index in [0.29, 0.717) is 0 Å². The maximum atomic E-state index is 4.61. The molecule has 0 unspecified atom stereocenters. The summed E-state index contributed by atoms with van der Waals surface area (Å²) in [5.41, 5.74) is 8.30. The molecule has 0 amide bonds. The summed E-state index contributed by atoms with van der Waals surface area (Å²) in [5, 5.41) is 0. The van der Waals surface area contributed by atoms with E-state index in [9.17, 15) is 0 Å². The van der Waals surface area contributed by atoms with Crippen LogP contribution in [0.3, 0.4) is 0 Å². The van der Waals surface area contributed by atoms with Crippen LogP contribution in [-0.4, -0.2) is 4.98 Å². The fourth-order valence-corrected chi connectivity index (χ4v) is 3.39. The Morgan fingerprint density at radius 2 is 1.70 bits per heavy atom.